The molecule has 0 saturated heterocycles. The van der Waals surface area contributed by atoms with Gasteiger partial charge in [0.2, 0.25) is 0 Å². The Hall–Kier alpha value is -1.84. The van der Waals surface area contributed by atoms with Crippen LogP contribution in [0.5, 0.6) is 0 Å². The highest BCUT2D eigenvalue weighted by atomic mass is 35.5. The monoisotopic (exact) mass is 289 g/mol. The molecular weight excluding hydrogens is 274 g/mol. The lowest BCUT2D eigenvalue weighted by atomic mass is 10.1. The second-order valence-corrected chi connectivity index (χ2v) is 5.10. The minimum absolute atomic E-state index is 0.167. The summed E-state index contributed by atoms with van der Waals surface area (Å²) in [5.74, 6) is -0.905. The number of carboxylic acid groups (broad SMARTS) is 1. The molecule has 0 aromatic heterocycles. The Labute approximate surface area is 123 Å². The molecule has 0 aliphatic heterocycles. The zero-order valence-corrected chi connectivity index (χ0v) is 11.9. The molecule has 0 saturated carbocycles. The van der Waals surface area contributed by atoms with Crippen molar-refractivity contribution in [1.29, 1.82) is 0 Å². The van der Waals surface area contributed by atoms with Crippen LogP contribution in [0.15, 0.2) is 48.5 Å². The van der Waals surface area contributed by atoms with E-state index >= 15 is 0 Å². The first kappa shape index (κ1) is 14.6. The molecule has 0 bridgehead atoms. The number of benzene rings is 2. The fourth-order valence-electron chi connectivity index (χ4n) is 1.95. The fourth-order valence-corrected chi connectivity index (χ4v) is 2.08. The maximum absolute atomic E-state index is 10.9. The van der Waals surface area contributed by atoms with E-state index in [9.17, 15) is 4.79 Å². The van der Waals surface area contributed by atoms with Crippen LogP contribution in [-0.4, -0.2) is 11.1 Å². The lowest BCUT2D eigenvalue weighted by Gasteiger charge is -2.14. The smallest absolute Gasteiger partial charge is 0.335 e. The van der Waals surface area contributed by atoms with E-state index in [1.807, 2.05) is 30.3 Å². The summed E-state index contributed by atoms with van der Waals surface area (Å²) in [6.07, 6.45) is 0. The highest BCUT2D eigenvalue weighted by Gasteiger charge is 2.06. The summed E-state index contributed by atoms with van der Waals surface area (Å²) in [6, 6.07) is 14.8. The van der Waals surface area contributed by atoms with Crippen LogP contribution in [0.4, 0.5) is 0 Å². The van der Waals surface area contributed by atoms with Crippen LogP contribution in [0.3, 0.4) is 0 Å². The van der Waals surface area contributed by atoms with Crippen LogP contribution in [0.1, 0.15) is 34.5 Å². The quantitative estimate of drug-likeness (QED) is 0.878. The first-order valence-electron chi connectivity index (χ1n) is 6.37. The lowest BCUT2D eigenvalue weighted by molar-refractivity contribution is 0.0696. The molecule has 0 aliphatic rings. The first-order chi connectivity index (χ1) is 9.56. The number of hydrogen-bond donors (Lipinski definition) is 2. The number of hydrogen-bond acceptors (Lipinski definition) is 2. The van der Waals surface area contributed by atoms with Gasteiger partial charge >= 0.3 is 5.97 Å². The van der Waals surface area contributed by atoms with Crippen molar-refractivity contribution in [1.82, 2.24) is 5.32 Å². The van der Waals surface area contributed by atoms with Gasteiger partial charge in [-0.25, -0.2) is 4.79 Å². The molecule has 0 unspecified atom stereocenters. The van der Waals surface area contributed by atoms with Crippen LogP contribution in [0, 0.1) is 0 Å². The van der Waals surface area contributed by atoms with Crippen molar-refractivity contribution in [3.05, 3.63) is 70.2 Å². The van der Waals surface area contributed by atoms with E-state index in [-0.39, 0.29) is 6.04 Å². The third-order valence-electron chi connectivity index (χ3n) is 3.16. The van der Waals surface area contributed by atoms with Crippen LogP contribution < -0.4 is 5.32 Å². The summed E-state index contributed by atoms with van der Waals surface area (Å²) in [6.45, 7) is 2.68. The highest BCUT2D eigenvalue weighted by Crippen LogP contribution is 2.16. The Kier molecular flexibility index (Phi) is 4.77. The van der Waals surface area contributed by atoms with Crippen molar-refractivity contribution in [2.45, 2.75) is 19.5 Å². The Balaban J connectivity index is 1.99. The molecular formula is C16H16ClNO2. The third kappa shape index (κ3) is 3.83. The Bertz CT molecular complexity index is 596. The van der Waals surface area contributed by atoms with Gasteiger partial charge in [-0.05, 0) is 42.3 Å². The van der Waals surface area contributed by atoms with Crippen molar-refractivity contribution in [3.8, 4) is 0 Å². The van der Waals surface area contributed by atoms with Gasteiger partial charge < -0.3 is 10.4 Å². The Morgan fingerprint density at radius 3 is 2.60 bits per heavy atom. The fraction of sp³-hybridized carbons (Fsp3) is 0.188. The van der Waals surface area contributed by atoms with E-state index in [0.717, 1.165) is 16.1 Å². The van der Waals surface area contributed by atoms with Crippen molar-refractivity contribution in [3.63, 3.8) is 0 Å². The summed E-state index contributed by atoms with van der Waals surface area (Å²) in [5.41, 5.74) is 2.40. The number of rotatable bonds is 5. The summed E-state index contributed by atoms with van der Waals surface area (Å²) in [5, 5.41) is 13.0. The van der Waals surface area contributed by atoms with E-state index in [4.69, 9.17) is 16.7 Å². The summed E-state index contributed by atoms with van der Waals surface area (Å²) >= 11 is 5.86. The van der Waals surface area contributed by atoms with Gasteiger partial charge in [0.1, 0.15) is 0 Å². The minimum atomic E-state index is -0.905. The molecule has 2 rings (SSSR count). The van der Waals surface area contributed by atoms with E-state index in [0.29, 0.717) is 12.1 Å². The number of carbonyl (C=O) groups is 1. The second kappa shape index (κ2) is 6.55. The molecule has 104 valence electrons. The van der Waals surface area contributed by atoms with Crippen LogP contribution in [0.25, 0.3) is 0 Å². The maximum Gasteiger partial charge on any atom is 0.335 e. The standard InChI is InChI=1S/C16H16ClNO2/c1-11(13-5-7-15(17)8-6-13)18-10-12-3-2-4-14(9-12)16(19)20/h2-9,11,18H,10H2,1H3,(H,19,20)/t11-/m1/s1. The third-order valence-corrected chi connectivity index (χ3v) is 3.41. The predicted octanol–water partition coefficient (Wildman–Crippen LogP) is 3.89. The molecule has 0 radical (unpaired) electrons. The van der Waals surface area contributed by atoms with Gasteiger partial charge in [-0.15, -0.1) is 0 Å². The van der Waals surface area contributed by atoms with E-state index in [2.05, 4.69) is 12.2 Å². The van der Waals surface area contributed by atoms with Crippen LogP contribution in [-0.2, 0) is 6.54 Å². The van der Waals surface area contributed by atoms with E-state index in [1.54, 1.807) is 18.2 Å². The molecule has 2 N–H and O–H groups in total. The Morgan fingerprint density at radius 1 is 1.25 bits per heavy atom. The molecule has 2 aromatic rings. The van der Waals surface area contributed by atoms with Gasteiger partial charge in [0.25, 0.3) is 0 Å². The number of aromatic carboxylic acids is 1. The topological polar surface area (TPSA) is 49.3 Å². The van der Waals surface area contributed by atoms with Gasteiger partial charge in [0.05, 0.1) is 5.56 Å². The number of nitrogens with one attached hydrogen (secondary N) is 1. The van der Waals surface area contributed by atoms with Crippen molar-refractivity contribution >= 4 is 17.6 Å². The zero-order valence-electron chi connectivity index (χ0n) is 11.1. The van der Waals surface area contributed by atoms with Gasteiger partial charge in [-0.2, -0.15) is 0 Å². The summed E-state index contributed by atoms with van der Waals surface area (Å²) in [4.78, 5) is 10.9. The molecule has 0 spiro atoms. The largest absolute Gasteiger partial charge is 0.478 e. The highest BCUT2D eigenvalue weighted by molar-refractivity contribution is 6.30. The Morgan fingerprint density at radius 2 is 1.95 bits per heavy atom. The number of carboxylic acids is 1. The average Bonchev–Trinajstić information content (AvgIpc) is 2.46. The lowest BCUT2D eigenvalue weighted by Crippen LogP contribution is -2.18. The summed E-state index contributed by atoms with van der Waals surface area (Å²) < 4.78 is 0. The molecule has 2 aromatic carbocycles. The van der Waals surface area contributed by atoms with E-state index in [1.165, 1.54) is 0 Å². The molecule has 1 atom stereocenters. The van der Waals surface area contributed by atoms with Gasteiger partial charge in [0.15, 0.2) is 0 Å². The van der Waals surface area contributed by atoms with Crippen LogP contribution >= 0.6 is 11.6 Å². The molecule has 3 nitrogen and oxygen atoms in total. The van der Waals surface area contributed by atoms with Gasteiger partial charge in [-0.1, -0.05) is 35.9 Å². The normalized spacial score (nSPS) is 12.1. The van der Waals surface area contributed by atoms with E-state index < -0.39 is 5.97 Å². The van der Waals surface area contributed by atoms with Gasteiger partial charge in [0, 0.05) is 17.6 Å². The second-order valence-electron chi connectivity index (χ2n) is 4.66. The number of halogens is 1. The average molecular weight is 290 g/mol. The predicted molar refractivity (Wildman–Crippen MR) is 80.1 cm³/mol. The summed E-state index contributed by atoms with van der Waals surface area (Å²) in [7, 11) is 0. The molecule has 0 heterocycles. The van der Waals surface area contributed by atoms with Gasteiger partial charge in [-0.3, -0.25) is 0 Å². The van der Waals surface area contributed by atoms with Crippen molar-refractivity contribution in [2.75, 3.05) is 0 Å². The van der Waals surface area contributed by atoms with Crippen molar-refractivity contribution < 1.29 is 9.90 Å². The van der Waals surface area contributed by atoms with Crippen LogP contribution in [0.2, 0.25) is 5.02 Å². The zero-order chi connectivity index (χ0) is 14.5. The first-order valence-corrected chi connectivity index (χ1v) is 6.75. The molecule has 4 heteroatoms. The minimum Gasteiger partial charge on any atom is -0.478 e. The SMILES string of the molecule is C[C@@H](NCc1cccc(C(=O)O)c1)c1ccc(Cl)cc1. The molecule has 0 aliphatic carbocycles. The maximum atomic E-state index is 10.9. The van der Waals surface area contributed by atoms with Crippen molar-refractivity contribution in [2.24, 2.45) is 0 Å². The molecule has 0 fully saturated rings. The molecule has 20 heavy (non-hydrogen) atoms. The molecule has 0 amide bonds.